The van der Waals surface area contributed by atoms with Gasteiger partial charge in [0.15, 0.2) is 0 Å². The summed E-state index contributed by atoms with van der Waals surface area (Å²) in [6.45, 7) is 4.03. The van der Waals surface area contributed by atoms with Crippen LogP contribution in [0.3, 0.4) is 0 Å². The van der Waals surface area contributed by atoms with Crippen molar-refractivity contribution in [3.05, 3.63) is 0 Å². The molecule has 0 aliphatic carbocycles. The zero-order valence-corrected chi connectivity index (χ0v) is 9.50. The van der Waals surface area contributed by atoms with Gasteiger partial charge in [-0.15, -0.1) is 0 Å². The molecule has 2 atom stereocenters. The summed E-state index contributed by atoms with van der Waals surface area (Å²) >= 11 is 0. The first-order valence-corrected chi connectivity index (χ1v) is 5.80. The summed E-state index contributed by atoms with van der Waals surface area (Å²) < 4.78 is 5.52. The van der Waals surface area contributed by atoms with Gasteiger partial charge in [0, 0.05) is 19.6 Å². The van der Waals surface area contributed by atoms with Gasteiger partial charge < -0.3 is 15.8 Å². The zero-order chi connectivity index (χ0) is 11.1. The Morgan fingerprint density at radius 1 is 1.60 bits per heavy atom. The lowest BCUT2D eigenvalue weighted by atomic mass is 10.1. The van der Waals surface area contributed by atoms with E-state index in [1.54, 1.807) is 0 Å². The van der Waals surface area contributed by atoms with Gasteiger partial charge in [-0.3, -0.25) is 4.79 Å². The van der Waals surface area contributed by atoms with E-state index in [9.17, 15) is 4.79 Å². The number of hydrogen-bond acceptors (Lipinski definition) is 3. The molecular weight excluding hydrogens is 192 g/mol. The molecule has 1 amide bonds. The summed E-state index contributed by atoms with van der Waals surface area (Å²) in [6, 6.07) is 0. The molecule has 0 bridgehead atoms. The fraction of sp³-hybridized carbons (Fsp3) is 0.909. The molecule has 1 rings (SSSR count). The van der Waals surface area contributed by atoms with Crippen molar-refractivity contribution in [3.63, 3.8) is 0 Å². The first-order valence-electron chi connectivity index (χ1n) is 5.80. The minimum Gasteiger partial charge on any atom is -0.376 e. The summed E-state index contributed by atoms with van der Waals surface area (Å²) in [7, 11) is 0. The van der Waals surface area contributed by atoms with Gasteiger partial charge in [0.05, 0.1) is 6.10 Å². The van der Waals surface area contributed by atoms with Crippen LogP contribution in [-0.4, -0.2) is 31.7 Å². The summed E-state index contributed by atoms with van der Waals surface area (Å²) in [5, 5.41) is 2.90. The highest BCUT2D eigenvalue weighted by molar-refractivity contribution is 5.76. The van der Waals surface area contributed by atoms with E-state index in [0.717, 1.165) is 19.4 Å². The van der Waals surface area contributed by atoms with Gasteiger partial charge in [0.2, 0.25) is 5.91 Å². The molecule has 4 heteroatoms. The smallest absolute Gasteiger partial charge is 0.220 e. The highest BCUT2D eigenvalue weighted by Gasteiger charge is 2.15. The van der Waals surface area contributed by atoms with Crippen molar-refractivity contribution in [2.45, 2.75) is 38.7 Å². The molecule has 88 valence electrons. The van der Waals surface area contributed by atoms with Crippen molar-refractivity contribution in [2.75, 3.05) is 19.7 Å². The second-order valence-corrected chi connectivity index (χ2v) is 4.34. The maximum absolute atomic E-state index is 11.4. The third-order valence-electron chi connectivity index (χ3n) is 2.74. The van der Waals surface area contributed by atoms with Crippen molar-refractivity contribution in [1.29, 1.82) is 0 Å². The molecule has 1 saturated heterocycles. The molecule has 15 heavy (non-hydrogen) atoms. The zero-order valence-electron chi connectivity index (χ0n) is 9.50. The molecule has 0 aromatic rings. The molecule has 2 unspecified atom stereocenters. The van der Waals surface area contributed by atoms with Gasteiger partial charge in [-0.25, -0.2) is 0 Å². The molecule has 3 N–H and O–H groups in total. The van der Waals surface area contributed by atoms with E-state index in [-0.39, 0.29) is 17.9 Å². The predicted octanol–water partition coefficient (Wildman–Crippen LogP) is 0.657. The number of rotatable bonds is 5. The van der Waals surface area contributed by atoms with Crippen LogP contribution in [0.4, 0.5) is 0 Å². The lowest BCUT2D eigenvalue weighted by Gasteiger charge is -2.23. The molecule has 1 heterocycles. The average Bonchev–Trinajstić information content (AvgIpc) is 2.27. The molecule has 0 aromatic heterocycles. The molecule has 0 saturated carbocycles. The second-order valence-electron chi connectivity index (χ2n) is 4.34. The number of amides is 1. The summed E-state index contributed by atoms with van der Waals surface area (Å²) in [5.41, 5.74) is 5.45. The Labute approximate surface area is 91.5 Å². The molecule has 4 nitrogen and oxygen atoms in total. The van der Waals surface area contributed by atoms with Gasteiger partial charge in [-0.1, -0.05) is 6.92 Å². The van der Waals surface area contributed by atoms with E-state index in [1.165, 1.54) is 6.42 Å². The quantitative estimate of drug-likeness (QED) is 0.706. The van der Waals surface area contributed by atoms with Gasteiger partial charge in [-0.05, 0) is 31.7 Å². The van der Waals surface area contributed by atoms with Gasteiger partial charge in [-0.2, -0.15) is 0 Å². The third-order valence-corrected chi connectivity index (χ3v) is 2.74. The third kappa shape index (κ3) is 5.14. The highest BCUT2D eigenvalue weighted by atomic mass is 16.5. The topological polar surface area (TPSA) is 64.4 Å². The van der Waals surface area contributed by atoms with Crippen molar-refractivity contribution in [1.82, 2.24) is 5.32 Å². The maximum Gasteiger partial charge on any atom is 0.220 e. The fourth-order valence-electron chi connectivity index (χ4n) is 1.67. The Kier molecular flexibility index (Phi) is 5.65. The Balaban J connectivity index is 2.10. The van der Waals surface area contributed by atoms with E-state index in [1.807, 2.05) is 6.92 Å². The van der Waals surface area contributed by atoms with Crippen LogP contribution in [0.15, 0.2) is 0 Å². The van der Waals surface area contributed by atoms with Crippen molar-refractivity contribution in [3.8, 4) is 0 Å². The van der Waals surface area contributed by atoms with E-state index in [4.69, 9.17) is 10.5 Å². The van der Waals surface area contributed by atoms with Crippen LogP contribution < -0.4 is 11.1 Å². The lowest BCUT2D eigenvalue weighted by molar-refractivity contribution is -0.122. The number of hydrogen-bond donors (Lipinski definition) is 2. The monoisotopic (exact) mass is 214 g/mol. The SMILES string of the molecule is CC(CN)CC(=O)NCC1CCCCO1. The minimum absolute atomic E-state index is 0.0853. The van der Waals surface area contributed by atoms with E-state index in [2.05, 4.69) is 5.32 Å². The van der Waals surface area contributed by atoms with Crippen molar-refractivity contribution < 1.29 is 9.53 Å². The van der Waals surface area contributed by atoms with E-state index < -0.39 is 0 Å². The normalized spacial score (nSPS) is 23.5. The fourth-order valence-corrected chi connectivity index (χ4v) is 1.67. The highest BCUT2D eigenvalue weighted by Crippen LogP contribution is 2.11. The van der Waals surface area contributed by atoms with E-state index >= 15 is 0 Å². The molecule has 1 aliphatic rings. The Morgan fingerprint density at radius 3 is 3.00 bits per heavy atom. The average molecular weight is 214 g/mol. The minimum atomic E-state index is 0.0853. The Morgan fingerprint density at radius 2 is 2.40 bits per heavy atom. The molecular formula is C11H22N2O2. The van der Waals surface area contributed by atoms with Gasteiger partial charge in [0.25, 0.3) is 0 Å². The molecule has 0 aromatic carbocycles. The first-order chi connectivity index (χ1) is 7.22. The number of carbonyl (C=O) groups is 1. The van der Waals surface area contributed by atoms with Crippen LogP contribution in [0.2, 0.25) is 0 Å². The standard InChI is InChI=1S/C11H22N2O2/c1-9(7-12)6-11(14)13-8-10-4-2-3-5-15-10/h9-10H,2-8,12H2,1H3,(H,13,14). The second kappa shape index (κ2) is 6.80. The van der Waals surface area contributed by atoms with Gasteiger partial charge >= 0.3 is 0 Å². The van der Waals surface area contributed by atoms with Crippen LogP contribution in [0.5, 0.6) is 0 Å². The summed E-state index contributed by atoms with van der Waals surface area (Å²) in [5.74, 6) is 0.347. The number of nitrogens with one attached hydrogen (secondary N) is 1. The largest absolute Gasteiger partial charge is 0.376 e. The number of carbonyl (C=O) groups excluding carboxylic acids is 1. The Hall–Kier alpha value is -0.610. The van der Waals surface area contributed by atoms with Gasteiger partial charge in [0.1, 0.15) is 0 Å². The first kappa shape index (κ1) is 12.5. The van der Waals surface area contributed by atoms with Crippen molar-refractivity contribution >= 4 is 5.91 Å². The summed E-state index contributed by atoms with van der Waals surface area (Å²) in [4.78, 5) is 11.4. The molecule has 0 spiro atoms. The molecule has 1 aliphatic heterocycles. The van der Waals surface area contributed by atoms with Crippen LogP contribution in [0.1, 0.15) is 32.6 Å². The maximum atomic E-state index is 11.4. The van der Waals surface area contributed by atoms with Crippen LogP contribution in [-0.2, 0) is 9.53 Å². The molecule has 1 fully saturated rings. The number of nitrogens with two attached hydrogens (primary N) is 1. The number of ether oxygens (including phenoxy) is 1. The van der Waals surface area contributed by atoms with E-state index in [0.29, 0.717) is 19.5 Å². The predicted molar refractivity (Wildman–Crippen MR) is 59.4 cm³/mol. The Bertz CT molecular complexity index is 191. The van der Waals surface area contributed by atoms with Crippen LogP contribution in [0, 0.1) is 5.92 Å². The molecule has 0 radical (unpaired) electrons. The van der Waals surface area contributed by atoms with Crippen LogP contribution in [0.25, 0.3) is 0 Å². The van der Waals surface area contributed by atoms with Crippen LogP contribution >= 0.6 is 0 Å². The lowest BCUT2D eigenvalue weighted by Crippen LogP contribution is -2.36. The summed E-state index contributed by atoms with van der Waals surface area (Å²) in [6.07, 6.45) is 4.15. The van der Waals surface area contributed by atoms with Crippen molar-refractivity contribution in [2.24, 2.45) is 11.7 Å².